The Hall–Kier alpha value is -0.640. The molecule has 2 rings (SSSR count). The van der Waals surface area contributed by atoms with Crippen molar-refractivity contribution < 1.29 is 9.13 Å². The molecule has 0 amide bonds. The van der Waals surface area contributed by atoms with Gasteiger partial charge in [-0.1, -0.05) is 17.7 Å². The van der Waals surface area contributed by atoms with Crippen molar-refractivity contribution in [1.82, 2.24) is 5.32 Å². The second kappa shape index (κ2) is 5.80. The molecule has 1 heterocycles. The lowest BCUT2D eigenvalue weighted by atomic mass is 9.93. The van der Waals surface area contributed by atoms with E-state index in [0.29, 0.717) is 22.9 Å². The van der Waals surface area contributed by atoms with Crippen LogP contribution in [0.25, 0.3) is 0 Å². The van der Waals surface area contributed by atoms with Crippen LogP contribution in [0.3, 0.4) is 0 Å². The predicted octanol–water partition coefficient (Wildman–Crippen LogP) is 2.65. The first-order chi connectivity index (χ1) is 8.20. The van der Waals surface area contributed by atoms with Crippen LogP contribution in [0.2, 0.25) is 5.02 Å². The van der Waals surface area contributed by atoms with Gasteiger partial charge in [0.2, 0.25) is 0 Å². The minimum atomic E-state index is -0.225. The Morgan fingerprint density at radius 2 is 2.41 bits per heavy atom. The van der Waals surface area contributed by atoms with Gasteiger partial charge in [0.05, 0.1) is 6.61 Å². The standard InChI is InChI=1S/C13H17ClFNO/c1-16-13(10-4-5-17-8-10)6-9-2-3-11(14)7-12(9)15/h2-3,7,10,13,16H,4-6,8H2,1H3. The SMILES string of the molecule is CNC(Cc1ccc(Cl)cc1F)C1CCOC1. The van der Waals surface area contributed by atoms with Crippen LogP contribution in [0.1, 0.15) is 12.0 Å². The Kier molecular flexibility index (Phi) is 4.37. The van der Waals surface area contributed by atoms with Crippen LogP contribution >= 0.6 is 11.6 Å². The van der Waals surface area contributed by atoms with Gasteiger partial charge >= 0.3 is 0 Å². The maximum absolute atomic E-state index is 13.7. The highest BCUT2D eigenvalue weighted by Crippen LogP contribution is 2.22. The van der Waals surface area contributed by atoms with E-state index >= 15 is 0 Å². The van der Waals surface area contributed by atoms with Crippen molar-refractivity contribution in [1.29, 1.82) is 0 Å². The normalized spacial score (nSPS) is 21.7. The van der Waals surface area contributed by atoms with Crippen molar-refractivity contribution in [3.63, 3.8) is 0 Å². The lowest BCUT2D eigenvalue weighted by Gasteiger charge is -2.22. The van der Waals surface area contributed by atoms with E-state index in [1.807, 2.05) is 7.05 Å². The molecule has 2 unspecified atom stereocenters. The summed E-state index contributed by atoms with van der Waals surface area (Å²) in [7, 11) is 1.91. The van der Waals surface area contributed by atoms with E-state index in [0.717, 1.165) is 19.6 Å². The lowest BCUT2D eigenvalue weighted by molar-refractivity contribution is 0.177. The third-order valence-electron chi connectivity index (χ3n) is 3.36. The van der Waals surface area contributed by atoms with E-state index in [9.17, 15) is 4.39 Å². The van der Waals surface area contributed by atoms with E-state index in [2.05, 4.69) is 5.32 Å². The summed E-state index contributed by atoms with van der Waals surface area (Å²) in [5.74, 6) is 0.242. The summed E-state index contributed by atoms with van der Waals surface area (Å²) >= 11 is 5.74. The van der Waals surface area contributed by atoms with Crippen molar-refractivity contribution in [2.75, 3.05) is 20.3 Å². The first-order valence-electron chi connectivity index (χ1n) is 5.89. The number of hydrogen-bond donors (Lipinski definition) is 1. The molecule has 0 spiro atoms. The molecule has 94 valence electrons. The van der Waals surface area contributed by atoms with Crippen molar-refractivity contribution in [2.24, 2.45) is 5.92 Å². The van der Waals surface area contributed by atoms with Gasteiger partial charge in [0.25, 0.3) is 0 Å². The summed E-state index contributed by atoms with van der Waals surface area (Å²) < 4.78 is 19.1. The van der Waals surface area contributed by atoms with Gasteiger partial charge in [-0.3, -0.25) is 0 Å². The van der Waals surface area contributed by atoms with E-state index in [4.69, 9.17) is 16.3 Å². The lowest BCUT2D eigenvalue weighted by Crippen LogP contribution is -2.36. The van der Waals surface area contributed by atoms with Gasteiger partial charge in [0.1, 0.15) is 5.82 Å². The molecule has 0 aliphatic carbocycles. The summed E-state index contributed by atoms with van der Waals surface area (Å²) in [6, 6.07) is 5.12. The molecule has 1 N–H and O–H groups in total. The van der Waals surface area contributed by atoms with E-state index < -0.39 is 0 Å². The summed E-state index contributed by atoms with van der Waals surface area (Å²) in [6.07, 6.45) is 1.72. The highest BCUT2D eigenvalue weighted by atomic mass is 35.5. The fraction of sp³-hybridized carbons (Fsp3) is 0.538. The molecule has 0 bridgehead atoms. The van der Waals surface area contributed by atoms with Crippen LogP contribution < -0.4 is 5.32 Å². The number of benzene rings is 1. The summed E-state index contributed by atoms with van der Waals surface area (Å²) in [5.41, 5.74) is 0.709. The molecule has 2 nitrogen and oxygen atoms in total. The molecule has 0 saturated carbocycles. The topological polar surface area (TPSA) is 21.3 Å². The number of nitrogens with one attached hydrogen (secondary N) is 1. The van der Waals surface area contributed by atoms with Gasteiger partial charge in [-0.2, -0.15) is 0 Å². The van der Waals surface area contributed by atoms with Gasteiger partial charge in [-0.05, 0) is 37.6 Å². The minimum Gasteiger partial charge on any atom is -0.381 e. The first-order valence-corrected chi connectivity index (χ1v) is 6.27. The Balaban J connectivity index is 2.06. The maximum atomic E-state index is 13.7. The first kappa shape index (κ1) is 12.8. The zero-order valence-electron chi connectivity index (χ0n) is 9.88. The third kappa shape index (κ3) is 3.18. The number of likely N-dealkylation sites (N-methyl/N-ethyl adjacent to an activating group) is 1. The minimum absolute atomic E-state index is 0.225. The Bertz CT molecular complexity index is 380. The van der Waals surface area contributed by atoms with Crippen molar-refractivity contribution in [3.05, 3.63) is 34.6 Å². The van der Waals surface area contributed by atoms with Crippen LogP contribution in [0.15, 0.2) is 18.2 Å². The van der Waals surface area contributed by atoms with E-state index in [-0.39, 0.29) is 11.9 Å². The quantitative estimate of drug-likeness (QED) is 0.895. The van der Waals surface area contributed by atoms with Gasteiger partial charge in [-0.25, -0.2) is 4.39 Å². The molecule has 0 radical (unpaired) electrons. The molecule has 17 heavy (non-hydrogen) atoms. The smallest absolute Gasteiger partial charge is 0.127 e. The second-order valence-electron chi connectivity index (χ2n) is 4.46. The van der Waals surface area contributed by atoms with Gasteiger partial charge in [-0.15, -0.1) is 0 Å². The number of rotatable bonds is 4. The third-order valence-corrected chi connectivity index (χ3v) is 3.59. The molecule has 1 aromatic carbocycles. The fourth-order valence-electron chi connectivity index (χ4n) is 2.30. The number of hydrogen-bond acceptors (Lipinski definition) is 2. The highest BCUT2D eigenvalue weighted by Gasteiger charge is 2.25. The summed E-state index contributed by atoms with van der Waals surface area (Å²) in [5, 5.41) is 3.70. The molecule has 1 saturated heterocycles. The fourth-order valence-corrected chi connectivity index (χ4v) is 2.46. The predicted molar refractivity (Wildman–Crippen MR) is 66.9 cm³/mol. The monoisotopic (exact) mass is 257 g/mol. The zero-order valence-corrected chi connectivity index (χ0v) is 10.6. The molecule has 1 aliphatic heterocycles. The molecule has 4 heteroatoms. The van der Waals surface area contributed by atoms with Crippen molar-refractivity contribution in [2.45, 2.75) is 18.9 Å². The van der Waals surface area contributed by atoms with Crippen molar-refractivity contribution >= 4 is 11.6 Å². The van der Waals surface area contributed by atoms with Crippen LogP contribution in [0.5, 0.6) is 0 Å². The molecular formula is C13H17ClFNO. The maximum Gasteiger partial charge on any atom is 0.127 e. The number of ether oxygens (including phenoxy) is 1. The molecule has 1 aliphatic rings. The van der Waals surface area contributed by atoms with Gasteiger partial charge < -0.3 is 10.1 Å². The largest absolute Gasteiger partial charge is 0.381 e. The highest BCUT2D eigenvalue weighted by molar-refractivity contribution is 6.30. The Morgan fingerprint density at radius 1 is 1.59 bits per heavy atom. The van der Waals surface area contributed by atoms with E-state index in [1.165, 1.54) is 6.07 Å². The molecule has 1 fully saturated rings. The van der Waals surface area contributed by atoms with Gasteiger partial charge in [0.15, 0.2) is 0 Å². The summed E-state index contributed by atoms with van der Waals surface area (Å²) in [4.78, 5) is 0. The average molecular weight is 258 g/mol. The van der Waals surface area contributed by atoms with Gasteiger partial charge in [0, 0.05) is 23.6 Å². The molecule has 2 atom stereocenters. The number of halogens is 2. The van der Waals surface area contributed by atoms with E-state index in [1.54, 1.807) is 12.1 Å². The van der Waals surface area contributed by atoms with Crippen LogP contribution in [0, 0.1) is 11.7 Å². The zero-order chi connectivity index (χ0) is 12.3. The molecule has 0 aromatic heterocycles. The van der Waals surface area contributed by atoms with Crippen LogP contribution in [-0.4, -0.2) is 26.3 Å². The van der Waals surface area contributed by atoms with Crippen LogP contribution in [-0.2, 0) is 11.2 Å². The summed E-state index contributed by atoms with van der Waals surface area (Å²) in [6.45, 7) is 1.58. The van der Waals surface area contributed by atoms with Crippen molar-refractivity contribution in [3.8, 4) is 0 Å². The van der Waals surface area contributed by atoms with Crippen LogP contribution in [0.4, 0.5) is 4.39 Å². The Morgan fingerprint density at radius 3 is 3.00 bits per heavy atom. The average Bonchev–Trinajstić information content (AvgIpc) is 2.81. The molecular weight excluding hydrogens is 241 g/mol. The second-order valence-corrected chi connectivity index (χ2v) is 4.90. The molecule has 1 aromatic rings. The Labute approximate surface area is 106 Å².